The molecule has 0 amide bonds. The molecule has 2 N–H and O–H groups in total. The van der Waals surface area contributed by atoms with Gasteiger partial charge in [-0.15, -0.1) is 0 Å². The van der Waals surface area contributed by atoms with Gasteiger partial charge in [0.25, 0.3) is 0 Å². The normalized spacial score (nSPS) is 12.9. The minimum atomic E-state index is -0.00487. The second-order valence-corrected chi connectivity index (χ2v) is 5.81. The van der Waals surface area contributed by atoms with Gasteiger partial charge >= 0.3 is 0 Å². The van der Waals surface area contributed by atoms with Crippen molar-refractivity contribution in [3.63, 3.8) is 0 Å². The summed E-state index contributed by atoms with van der Waals surface area (Å²) in [7, 11) is 0. The molecular formula is C14H19ClN2O. The smallest absolute Gasteiger partial charge is 0.101 e. The lowest BCUT2D eigenvalue weighted by atomic mass is 9.84. The molecule has 98 valence electrons. The molecule has 0 heterocycles. The zero-order chi connectivity index (χ0) is 13.8. The van der Waals surface area contributed by atoms with Crippen LogP contribution in [0.25, 0.3) is 0 Å². The fourth-order valence-corrected chi connectivity index (χ4v) is 1.95. The van der Waals surface area contributed by atoms with Crippen molar-refractivity contribution in [2.45, 2.75) is 33.2 Å². The minimum Gasteiger partial charge on any atom is -0.396 e. The van der Waals surface area contributed by atoms with Gasteiger partial charge in [-0.25, -0.2) is 0 Å². The predicted molar refractivity (Wildman–Crippen MR) is 74.7 cm³/mol. The van der Waals surface area contributed by atoms with Gasteiger partial charge in [-0.3, -0.25) is 0 Å². The molecule has 1 unspecified atom stereocenters. The van der Waals surface area contributed by atoms with E-state index in [1.54, 1.807) is 18.2 Å². The molecule has 1 aromatic carbocycles. The lowest BCUT2D eigenvalue weighted by molar-refractivity contribution is 0.235. The first-order valence-electron chi connectivity index (χ1n) is 5.95. The highest BCUT2D eigenvalue weighted by atomic mass is 35.5. The van der Waals surface area contributed by atoms with Crippen molar-refractivity contribution in [2.75, 3.05) is 11.9 Å². The number of rotatable bonds is 4. The van der Waals surface area contributed by atoms with Crippen LogP contribution in [-0.4, -0.2) is 17.8 Å². The largest absolute Gasteiger partial charge is 0.396 e. The van der Waals surface area contributed by atoms with Crippen molar-refractivity contribution in [2.24, 2.45) is 5.41 Å². The molecule has 0 bridgehead atoms. The summed E-state index contributed by atoms with van der Waals surface area (Å²) < 4.78 is 0. The number of hydrogen-bond acceptors (Lipinski definition) is 3. The molecule has 0 aliphatic rings. The Kier molecular flexibility index (Phi) is 5.01. The number of anilines is 1. The number of aliphatic hydroxyl groups is 1. The zero-order valence-electron chi connectivity index (χ0n) is 11.0. The minimum absolute atomic E-state index is 0.00487. The number of aliphatic hydroxyl groups excluding tert-OH is 1. The summed E-state index contributed by atoms with van der Waals surface area (Å²) in [5, 5.41) is 22.1. The standard InChI is InChI=1S/C14H19ClN2O/c1-14(2,3)13(6-7-18)17-12-5-4-11(15)8-10(12)9-16/h4-5,8,13,17-18H,6-7H2,1-3H3. The Balaban J connectivity index is 2.98. The highest BCUT2D eigenvalue weighted by molar-refractivity contribution is 6.30. The van der Waals surface area contributed by atoms with E-state index >= 15 is 0 Å². The number of benzene rings is 1. The average molecular weight is 267 g/mol. The molecule has 0 fully saturated rings. The first-order chi connectivity index (χ1) is 8.38. The van der Waals surface area contributed by atoms with Crippen LogP contribution in [0, 0.1) is 16.7 Å². The summed E-state index contributed by atoms with van der Waals surface area (Å²) in [5.41, 5.74) is 1.28. The van der Waals surface area contributed by atoms with Crippen LogP contribution < -0.4 is 5.32 Å². The summed E-state index contributed by atoms with van der Waals surface area (Å²) in [6, 6.07) is 7.42. The summed E-state index contributed by atoms with van der Waals surface area (Å²) in [6.45, 7) is 6.41. The number of nitriles is 1. The van der Waals surface area contributed by atoms with Crippen LogP contribution in [0.5, 0.6) is 0 Å². The Morgan fingerprint density at radius 2 is 2.11 bits per heavy atom. The lowest BCUT2D eigenvalue weighted by Gasteiger charge is -2.32. The van der Waals surface area contributed by atoms with Gasteiger partial charge in [0.1, 0.15) is 6.07 Å². The Bertz CT molecular complexity index is 446. The summed E-state index contributed by atoms with van der Waals surface area (Å²) in [4.78, 5) is 0. The Morgan fingerprint density at radius 3 is 2.61 bits per heavy atom. The topological polar surface area (TPSA) is 56.0 Å². The fraction of sp³-hybridized carbons (Fsp3) is 0.500. The third kappa shape index (κ3) is 3.90. The maximum absolute atomic E-state index is 9.12. The monoisotopic (exact) mass is 266 g/mol. The number of nitrogens with one attached hydrogen (secondary N) is 1. The molecule has 1 atom stereocenters. The first-order valence-corrected chi connectivity index (χ1v) is 6.33. The molecule has 0 spiro atoms. The van der Waals surface area contributed by atoms with E-state index in [2.05, 4.69) is 32.2 Å². The van der Waals surface area contributed by atoms with E-state index in [1.807, 2.05) is 0 Å². The van der Waals surface area contributed by atoms with Crippen molar-refractivity contribution in [1.29, 1.82) is 5.26 Å². The van der Waals surface area contributed by atoms with Crippen LogP contribution in [0.3, 0.4) is 0 Å². The van der Waals surface area contributed by atoms with Crippen molar-refractivity contribution in [3.05, 3.63) is 28.8 Å². The molecule has 0 aliphatic heterocycles. The highest BCUT2D eigenvalue weighted by Gasteiger charge is 2.24. The highest BCUT2D eigenvalue weighted by Crippen LogP contribution is 2.28. The Morgan fingerprint density at radius 1 is 1.44 bits per heavy atom. The molecule has 0 aliphatic carbocycles. The van der Waals surface area contributed by atoms with Crippen LogP contribution in [0.1, 0.15) is 32.8 Å². The second-order valence-electron chi connectivity index (χ2n) is 5.38. The van der Waals surface area contributed by atoms with E-state index in [0.717, 1.165) is 5.69 Å². The van der Waals surface area contributed by atoms with Gasteiger partial charge < -0.3 is 10.4 Å². The SMILES string of the molecule is CC(C)(C)C(CCO)Nc1ccc(Cl)cc1C#N. The third-order valence-electron chi connectivity index (χ3n) is 2.89. The van der Waals surface area contributed by atoms with Crippen molar-refractivity contribution >= 4 is 17.3 Å². The average Bonchev–Trinajstić information content (AvgIpc) is 2.29. The van der Waals surface area contributed by atoms with Gasteiger partial charge in [-0.05, 0) is 30.0 Å². The number of halogens is 1. The van der Waals surface area contributed by atoms with Gasteiger partial charge in [0.15, 0.2) is 0 Å². The maximum atomic E-state index is 9.12. The molecule has 4 heteroatoms. The molecule has 0 saturated heterocycles. The molecule has 1 rings (SSSR count). The van der Waals surface area contributed by atoms with Crippen LogP contribution >= 0.6 is 11.6 Å². The summed E-state index contributed by atoms with van der Waals surface area (Å²) in [6.07, 6.45) is 0.636. The maximum Gasteiger partial charge on any atom is 0.101 e. The number of hydrogen-bond donors (Lipinski definition) is 2. The zero-order valence-corrected chi connectivity index (χ0v) is 11.8. The molecular weight excluding hydrogens is 248 g/mol. The van der Waals surface area contributed by atoms with Crippen LogP contribution in [0.2, 0.25) is 5.02 Å². The van der Waals surface area contributed by atoms with Crippen LogP contribution in [0.4, 0.5) is 5.69 Å². The van der Waals surface area contributed by atoms with Crippen LogP contribution in [-0.2, 0) is 0 Å². The fourth-order valence-electron chi connectivity index (χ4n) is 1.77. The molecule has 1 aromatic rings. The summed E-state index contributed by atoms with van der Waals surface area (Å²) in [5.74, 6) is 0. The predicted octanol–water partition coefficient (Wildman–Crippen LogP) is 3.42. The van der Waals surface area contributed by atoms with Gasteiger partial charge in [0, 0.05) is 17.7 Å². The van der Waals surface area contributed by atoms with Gasteiger partial charge in [-0.2, -0.15) is 5.26 Å². The molecule has 3 nitrogen and oxygen atoms in total. The number of nitrogens with zero attached hydrogens (tertiary/aromatic N) is 1. The first kappa shape index (κ1) is 14.8. The molecule has 0 saturated carbocycles. The molecule has 18 heavy (non-hydrogen) atoms. The van der Waals surface area contributed by atoms with E-state index in [9.17, 15) is 0 Å². The van der Waals surface area contributed by atoms with Gasteiger partial charge in [0.2, 0.25) is 0 Å². The van der Waals surface area contributed by atoms with Crippen LogP contribution in [0.15, 0.2) is 18.2 Å². The molecule has 0 radical (unpaired) electrons. The Labute approximate surface area is 113 Å². The summed E-state index contributed by atoms with van der Waals surface area (Å²) >= 11 is 5.86. The van der Waals surface area contributed by atoms with Crippen molar-refractivity contribution in [1.82, 2.24) is 0 Å². The van der Waals surface area contributed by atoms with E-state index in [-0.39, 0.29) is 18.1 Å². The van der Waals surface area contributed by atoms with E-state index in [0.29, 0.717) is 17.0 Å². The van der Waals surface area contributed by atoms with Gasteiger partial charge in [0.05, 0.1) is 11.3 Å². The third-order valence-corrected chi connectivity index (χ3v) is 3.13. The quantitative estimate of drug-likeness (QED) is 0.878. The second kappa shape index (κ2) is 6.08. The van der Waals surface area contributed by atoms with Gasteiger partial charge in [-0.1, -0.05) is 32.4 Å². The van der Waals surface area contributed by atoms with Crippen molar-refractivity contribution in [3.8, 4) is 6.07 Å². The van der Waals surface area contributed by atoms with E-state index in [4.69, 9.17) is 22.0 Å². The van der Waals surface area contributed by atoms with E-state index < -0.39 is 0 Å². The molecule has 0 aromatic heterocycles. The van der Waals surface area contributed by atoms with Crippen molar-refractivity contribution < 1.29 is 5.11 Å². The lowest BCUT2D eigenvalue weighted by Crippen LogP contribution is -2.35. The Hall–Kier alpha value is -1.24. The van der Waals surface area contributed by atoms with E-state index in [1.165, 1.54) is 0 Å².